The van der Waals surface area contributed by atoms with Gasteiger partial charge in [0.1, 0.15) is 0 Å². The van der Waals surface area contributed by atoms with Gasteiger partial charge in [-0.05, 0) is 48.8 Å². The first kappa shape index (κ1) is 16.3. The number of hydrogen-bond donors (Lipinski definition) is 1. The minimum absolute atomic E-state index is 0.188. The van der Waals surface area contributed by atoms with Crippen LogP contribution in [0.2, 0.25) is 0 Å². The number of nitrogens with zero attached hydrogens (tertiary/aromatic N) is 2. The molecule has 1 heterocycles. The summed E-state index contributed by atoms with van der Waals surface area (Å²) in [6, 6.07) is 18.7. The van der Waals surface area contributed by atoms with Crippen molar-refractivity contribution >= 4 is 12.2 Å². The molecule has 3 nitrogen and oxygen atoms in total. The van der Waals surface area contributed by atoms with Gasteiger partial charge in [-0.1, -0.05) is 48.5 Å². The molecular formula is C20H20N2OS. The molecule has 0 unspecified atom stereocenters. The highest BCUT2D eigenvalue weighted by Crippen LogP contribution is 2.24. The molecule has 0 bridgehead atoms. The van der Waals surface area contributed by atoms with Crippen LogP contribution < -0.4 is 0 Å². The van der Waals surface area contributed by atoms with E-state index in [0.29, 0.717) is 11.3 Å². The molecule has 0 fully saturated rings. The molecular weight excluding hydrogens is 316 g/mol. The van der Waals surface area contributed by atoms with Gasteiger partial charge >= 0.3 is 0 Å². The molecule has 0 spiro atoms. The van der Waals surface area contributed by atoms with Crippen LogP contribution in [0.25, 0.3) is 5.69 Å². The summed E-state index contributed by atoms with van der Waals surface area (Å²) >= 11 is 5.50. The molecule has 0 atom stereocenters. The van der Waals surface area contributed by atoms with Crippen LogP contribution in [0, 0.1) is 11.7 Å². The van der Waals surface area contributed by atoms with Crippen molar-refractivity contribution in [3.05, 3.63) is 88.8 Å². The average Bonchev–Trinajstić information content (AvgIpc) is 2.81. The zero-order valence-electron chi connectivity index (χ0n) is 13.6. The fraction of sp³-hybridized carbons (Fsp3) is 0.150. The van der Waals surface area contributed by atoms with Gasteiger partial charge in [-0.25, -0.2) is 0 Å². The minimum Gasteiger partial charge on any atom is -0.493 e. The molecule has 0 radical (unpaired) electrons. The number of aromatic nitrogens is 2. The molecule has 24 heavy (non-hydrogen) atoms. The maximum atomic E-state index is 10.3. The van der Waals surface area contributed by atoms with Gasteiger partial charge in [0.15, 0.2) is 4.77 Å². The Bertz CT molecular complexity index is 905. The number of allylic oxidation sites excluding steroid dienone is 1. The Hall–Kier alpha value is -2.59. The summed E-state index contributed by atoms with van der Waals surface area (Å²) < 4.78 is 4.14. The lowest BCUT2D eigenvalue weighted by Gasteiger charge is -2.07. The second kappa shape index (κ2) is 6.89. The summed E-state index contributed by atoms with van der Waals surface area (Å²) in [6.45, 7) is 6.07. The van der Waals surface area contributed by atoms with Gasteiger partial charge in [0.05, 0.1) is 5.69 Å². The highest BCUT2D eigenvalue weighted by molar-refractivity contribution is 7.71. The lowest BCUT2D eigenvalue weighted by atomic mass is 10.0. The Kier molecular flexibility index (Phi) is 4.67. The molecule has 0 saturated carbocycles. The largest absolute Gasteiger partial charge is 0.493 e. The number of imidazole rings is 1. The lowest BCUT2D eigenvalue weighted by Crippen LogP contribution is -2.00. The van der Waals surface area contributed by atoms with Gasteiger partial charge in [-0.3, -0.25) is 9.13 Å². The Morgan fingerprint density at radius 3 is 2.29 bits per heavy atom. The first-order chi connectivity index (χ1) is 11.6. The standard InChI is InChI=1S/C20H20N2OS/c1-3-13-21-19(23)15(2)22(20(21)24)18-11-9-17(10-12-18)14-16-7-5-4-6-8-16/h3-12,23H,1,13-14H2,2H3. The number of aromatic hydroxyl groups is 1. The number of benzene rings is 2. The van der Waals surface area contributed by atoms with Crippen molar-refractivity contribution in [3.8, 4) is 11.6 Å². The van der Waals surface area contributed by atoms with E-state index in [-0.39, 0.29) is 5.88 Å². The molecule has 0 aliphatic rings. The average molecular weight is 336 g/mol. The van der Waals surface area contributed by atoms with Gasteiger partial charge in [0, 0.05) is 12.2 Å². The first-order valence-electron chi connectivity index (χ1n) is 7.87. The maximum absolute atomic E-state index is 10.3. The van der Waals surface area contributed by atoms with Crippen LogP contribution in [0.3, 0.4) is 0 Å². The highest BCUT2D eigenvalue weighted by Gasteiger charge is 2.13. The zero-order valence-corrected chi connectivity index (χ0v) is 14.5. The maximum Gasteiger partial charge on any atom is 0.213 e. The molecule has 4 heteroatoms. The van der Waals surface area contributed by atoms with Crippen LogP contribution in [0.1, 0.15) is 16.8 Å². The van der Waals surface area contributed by atoms with Crippen molar-refractivity contribution in [1.29, 1.82) is 0 Å². The SMILES string of the molecule is C=CCn1c(O)c(C)n(-c2ccc(Cc3ccccc3)cc2)c1=S. The molecule has 0 aliphatic heterocycles. The van der Waals surface area contributed by atoms with E-state index in [1.165, 1.54) is 11.1 Å². The molecule has 1 aromatic heterocycles. The summed E-state index contributed by atoms with van der Waals surface area (Å²) in [5.41, 5.74) is 4.21. The summed E-state index contributed by atoms with van der Waals surface area (Å²) in [6.07, 6.45) is 2.62. The van der Waals surface area contributed by atoms with E-state index in [1.807, 2.05) is 29.7 Å². The Morgan fingerprint density at radius 1 is 1.04 bits per heavy atom. The fourth-order valence-electron chi connectivity index (χ4n) is 2.84. The molecule has 1 N–H and O–H groups in total. The van der Waals surface area contributed by atoms with Gasteiger partial charge in [-0.15, -0.1) is 6.58 Å². The van der Waals surface area contributed by atoms with Crippen molar-refractivity contribution in [2.24, 2.45) is 0 Å². The molecule has 3 rings (SSSR count). The van der Waals surface area contributed by atoms with Crippen LogP contribution in [-0.4, -0.2) is 14.2 Å². The second-order valence-corrected chi connectivity index (χ2v) is 6.12. The summed E-state index contributed by atoms with van der Waals surface area (Å²) in [7, 11) is 0. The van der Waals surface area contributed by atoms with E-state index < -0.39 is 0 Å². The molecule has 2 aromatic carbocycles. The lowest BCUT2D eigenvalue weighted by molar-refractivity contribution is 0.421. The quantitative estimate of drug-likeness (QED) is 0.536. The Balaban J connectivity index is 1.93. The van der Waals surface area contributed by atoms with Crippen molar-refractivity contribution in [2.45, 2.75) is 19.9 Å². The summed E-state index contributed by atoms with van der Waals surface area (Å²) in [5.74, 6) is 0.188. The number of hydrogen-bond acceptors (Lipinski definition) is 2. The molecule has 0 aliphatic carbocycles. The monoisotopic (exact) mass is 336 g/mol. The van der Waals surface area contributed by atoms with Crippen LogP contribution in [0.4, 0.5) is 0 Å². The van der Waals surface area contributed by atoms with E-state index in [2.05, 4.69) is 43.0 Å². The van der Waals surface area contributed by atoms with Gasteiger partial charge in [0.25, 0.3) is 0 Å². The molecule has 0 saturated heterocycles. The smallest absolute Gasteiger partial charge is 0.213 e. The van der Waals surface area contributed by atoms with Crippen molar-refractivity contribution in [2.75, 3.05) is 0 Å². The Labute approximate surface area is 147 Å². The van der Waals surface area contributed by atoms with E-state index in [4.69, 9.17) is 12.2 Å². The molecule has 122 valence electrons. The van der Waals surface area contributed by atoms with Gasteiger partial charge < -0.3 is 5.11 Å². The molecule has 0 amide bonds. The van der Waals surface area contributed by atoms with Gasteiger partial charge in [-0.2, -0.15) is 0 Å². The van der Waals surface area contributed by atoms with Crippen molar-refractivity contribution in [1.82, 2.24) is 9.13 Å². The third-order valence-electron chi connectivity index (χ3n) is 4.09. The normalized spacial score (nSPS) is 10.7. The third kappa shape index (κ3) is 3.05. The topological polar surface area (TPSA) is 30.1 Å². The third-order valence-corrected chi connectivity index (χ3v) is 4.50. The highest BCUT2D eigenvalue weighted by atomic mass is 32.1. The molecule has 3 aromatic rings. The second-order valence-electron chi connectivity index (χ2n) is 5.76. The first-order valence-corrected chi connectivity index (χ1v) is 8.28. The zero-order chi connectivity index (χ0) is 17.1. The predicted molar refractivity (Wildman–Crippen MR) is 100 cm³/mol. The van der Waals surface area contributed by atoms with Crippen LogP contribution in [0.15, 0.2) is 67.3 Å². The minimum atomic E-state index is 0.188. The predicted octanol–water partition coefficient (Wildman–Crippen LogP) is 4.80. The van der Waals surface area contributed by atoms with E-state index >= 15 is 0 Å². The van der Waals surface area contributed by atoms with E-state index in [1.54, 1.807) is 10.6 Å². The van der Waals surface area contributed by atoms with E-state index in [9.17, 15) is 5.11 Å². The fourth-order valence-corrected chi connectivity index (χ4v) is 3.25. The van der Waals surface area contributed by atoms with Crippen LogP contribution in [-0.2, 0) is 13.0 Å². The number of rotatable bonds is 5. The van der Waals surface area contributed by atoms with Crippen LogP contribution >= 0.6 is 12.2 Å². The van der Waals surface area contributed by atoms with Gasteiger partial charge in [0.2, 0.25) is 5.88 Å². The van der Waals surface area contributed by atoms with Crippen LogP contribution in [0.5, 0.6) is 5.88 Å². The van der Waals surface area contributed by atoms with Crippen molar-refractivity contribution < 1.29 is 5.11 Å². The summed E-state index contributed by atoms with van der Waals surface area (Å²) in [5, 5.41) is 10.3. The summed E-state index contributed by atoms with van der Waals surface area (Å²) in [4.78, 5) is 0. The van der Waals surface area contributed by atoms with Crippen molar-refractivity contribution in [3.63, 3.8) is 0 Å². The van der Waals surface area contributed by atoms with E-state index in [0.717, 1.165) is 17.8 Å². The Morgan fingerprint density at radius 2 is 1.67 bits per heavy atom.